The van der Waals surface area contributed by atoms with Crippen molar-refractivity contribution in [3.8, 4) is 0 Å². The normalized spacial score (nSPS) is 11.5. The first-order valence-corrected chi connectivity index (χ1v) is 8.67. The summed E-state index contributed by atoms with van der Waals surface area (Å²) in [6, 6.07) is 4.79. The van der Waals surface area contributed by atoms with Gasteiger partial charge in [0.05, 0.1) is 4.90 Å². The highest BCUT2D eigenvalue weighted by Gasteiger charge is 2.14. The van der Waals surface area contributed by atoms with E-state index in [2.05, 4.69) is 11.6 Å². The van der Waals surface area contributed by atoms with E-state index in [1.807, 2.05) is 0 Å². The molecule has 20 heavy (non-hydrogen) atoms. The van der Waals surface area contributed by atoms with Gasteiger partial charge < -0.3 is 5.73 Å². The van der Waals surface area contributed by atoms with Crippen molar-refractivity contribution in [1.82, 2.24) is 4.72 Å². The van der Waals surface area contributed by atoms with Gasteiger partial charge in [-0.05, 0) is 31.0 Å². The average Bonchev–Trinajstić information content (AvgIpc) is 2.37. The zero-order valence-corrected chi connectivity index (χ0v) is 13.6. The van der Waals surface area contributed by atoms with Gasteiger partial charge in [0.15, 0.2) is 0 Å². The van der Waals surface area contributed by atoms with Gasteiger partial charge in [-0.25, -0.2) is 13.1 Å². The molecule has 0 heterocycles. The number of benzene rings is 1. The number of rotatable bonds is 8. The predicted molar refractivity (Wildman–Crippen MR) is 86.4 cm³/mol. The van der Waals surface area contributed by atoms with Crippen LogP contribution in [0.2, 0.25) is 0 Å². The fourth-order valence-electron chi connectivity index (χ4n) is 1.92. The summed E-state index contributed by atoms with van der Waals surface area (Å²) in [5, 5.41) is 0. The number of sulfonamides is 1. The first-order valence-electron chi connectivity index (χ1n) is 6.78. The summed E-state index contributed by atoms with van der Waals surface area (Å²) in [6.07, 6.45) is 4.16. The molecule has 6 heteroatoms. The van der Waals surface area contributed by atoms with Crippen LogP contribution in [0.1, 0.15) is 43.7 Å². The summed E-state index contributed by atoms with van der Waals surface area (Å²) in [5.74, 6) is 0. The second-order valence-electron chi connectivity index (χ2n) is 4.80. The number of unbranched alkanes of at least 4 members (excludes halogenated alkanes) is 3. The Morgan fingerprint density at radius 2 is 2.00 bits per heavy atom. The average molecular weight is 314 g/mol. The Hall–Kier alpha value is -0.980. The monoisotopic (exact) mass is 314 g/mol. The van der Waals surface area contributed by atoms with Crippen molar-refractivity contribution >= 4 is 27.2 Å². The van der Waals surface area contributed by atoms with E-state index in [1.165, 1.54) is 6.07 Å². The van der Waals surface area contributed by atoms with Gasteiger partial charge in [0.25, 0.3) is 0 Å². The Bertz CT molecular complexity index is 569. The minimum absolute atomic E-state index is 0.255. The summed E-state index contributed by atoms with van der Waals surface area (Å²) in [6.45, 7) is 4.39. The van der Waals surface area contributed by atoms with Crippen LogP contribution >= 0.6 is 12.2 Å². The third-order valence-corrected chi connectivity index (χ3v) is 4.77. The molecular weight excluding hydrogens is 292 g/mol. The molecule has 0 aliphatic heterocycles. The summed E-state index contributed by atoms with van der Waals surface area (Å²) in [7, 11) is -3.45. The third kappa shape index (κ3) is 4.85. The number of hydrogen-bond acceptors (Lipinski definition) is 3. The largest absolute Gasteiger partial charge is 0.389 e. The Morgan fingerprint density at radius 1 is 1.30 bits per heavy atom. The van der Waals surface area contributed by atoms with Crippen molar-refractivity contribution in [1.29, 1.82) is 0 Å². The van der Waals surface area contributed by atoms with Gasteiger partial charge in [-0.1, -0.05) is 44.5 Å². The van der Waals surface area contributed by atoms with Crippen molar-refractivity contribution in [2.75, 3.05) is 6.54 Å². The maximum atomic E-state index is 12.1. The molecule has 0 amide bonds. The first-order chi connectivity index (χ1) is 9.38. The minimum atomic E-state index is -3.45. The molecular formula is C14H22N2O2S2. The minimum Gasteiger partial charge on any atom is -0.389 e. The van der Waals surface area contributed by atoms with Crippen molar-refractivity contribution in [2.45, 2.75) is 44.4 Å². The first kappa shape index (κ1) is 17.1. The zero-order chi connectivity index (χ0) is 15.2. The van der Waals surface area contributed by atoms with E-state index in [0.29, 0.717) is 12.1 Å². The number of nitrogens with one attached hydrogen (secondary N) is 1. The Labute approximate surface area is 126 Å². The standard InChI is InChI=1S/C14H22N2O2S2/c1-3-4-5-6-9-16-20(17,18)12-7-8-13(14(15)19)11(2)10-12/h7-8,10,16H,3-6,9H2,1-2H3,(H2,15,19). The maximum absolute atomic E-state index is 12.1. The molecule has 4 nitrogen and oxygen atoms in total. The van der Waals surface area contributed by atoms with Gasteiger partial charge in [-0.15, -0.1) is 0 Å². The molecule has 0 aromatic heterocycles. The molecule has 1 aromatic carbocycles. The van der Waals surface area contributed by atoms with Gasteiger partial charge >= 0.3 is 0 Å². The molecule has 0 radical (unpaired) electrons. The Morgan fingerprint density at radius 3 is 2.55 bits per heavy atom. The predicted octanol–water partition coefficient (Wildman–Crippen LogP) is 2.49. The molecule has 0 bridgehead atoms. The maximum Gasteiger partial charge on any atom is 0.240 e. The SMILES string of the molecule is CCCCCCNS(=O)(=O)c1ccc(C(N)=S)c(C)c1. The van der Waals surface area contributed by atoms with E-state index in [9.17, 15) is 8.42 Å². The van der Waals surface area contributed by atoms with Crippen molar-refractivity contribution in [3.05, 3.63) is 29.3 Å². The topological polar surface area (TPSA) is 72.2 Å². The van der Waals surface area contributed by atoms with Crippen LogP contribution in [0.3, 0.4) is 0 Å². The van der Waals surface area contributed by atoms with Crippen LogP contribution in [0.15, 0.2) is 23.1 Å². The second kappa shape index (κ2) is 7.71. The Kier molecular flexibility index (Phi) is 6.58. The number of nitrogens with two attached hydrogens (primary N) is 1. The van der Waals surface area contributed by atoms with Gasteiger partial charge in [-0.2, -0.15) is 0 Å². The lowest BCUT2D eigenvalue weighted by atomic mass is 10.1. The van der Waals surface area contributed by atoms with E-state index in [4.69, 9.17) is 18.0 Å². The van der Waals surface area contributed by atoms with Gasteiger partial charge in [0.2, 0.25) is 10.0 Å². The fraction of sp³-hybridized carbons (Fsp3) is 0.500. The molecule has 0 saturated heterocycles. The van der Waals surface area contributed by atoms with Crippen LogP contribution in [0.5, 0.6) is 0 Å². The van der Waals surface area contributed by atoms with Crippen molar-refractivity contribution in [3.63, 3.8) is 0 Å². The summed E-state index contributed by atoms with van der Waals surface area (Å²) in [4.78, 5) is 0.532. The Balaban J connectivity index is 2.73. The highest BCUT2D eigenvalue weighted by molar-refractivity contribution is 7.89. The van der Waals surface area contributed by atoms with Gasteiger partial charge in [0, 0.05) is 12.1 Å². The van der Waals surface area contributed by atoms with Crippen LogP contribution in [-0.2, 0) is 10.0 Å². The number of aryl methyl sites for hydroxylation is 1. The van der Waals surface area contributed by atoms with Crippen LogP contribution in [0, 0.1) is 6.92 Å². The van der Waals surface area contributed by atoms with Crippen molar-refractivity contribution in [2.24, 2.45) is 5.73 Å². The number of thiocarbonyl (C=S) groups is 1. The lowest BCUT2D eigenvalue weighted by Crippen LogP contribution is -2.25. The lowest BCUT2D eigenvalue weighted by Gasteiger charge is -2.09. The van der Waals surface area contributed by atoms with Crippen LogP contribution < -0.4 is 10.5 Å². The summed E-state index contributed by atoms with van der Waals surface area (Å²) < 4.78 is 26.9. The van der Waals surface area contributed by atoms with E-state index >= 15 is 0 Å². The number of hydrogen-bond donors (Lipinski definition) is 2. The van der Waals surface area contributed by atoms with Gasteiger partial charge in [-0.3, -0.25) is 0 Å². The molecule has 1 rings (SSSR count). The zero-order valence-electron chi connectivity index (χ0n) is 12.0. The van der Waals surface area contributed by atoms with E-state index in [1.54, 1.807) is 19.1 Å². The molecule has 0 aliphatic carbocycles. The smallest absolute Gasteiger partial charge is 0.240 e. The third-order valence-electron chi connectivity index (χ3n) is 3.10. The van der Waals surface area contributed by atoms with Crippen LogP contribution in [0.25, 0.3) is 0 Å². The molecule has 0 fully saturated rings. The van der Waals surface area contributed by atoms with Gasteiger partial charge in [0.1, 0.15) is 4.99 Å². The summed E-state index contributed by atoms with van der Waals surface area (Å²) in [5.41, 5.74) is 7.05. The second-order valence-corrected chi connectivity index (χ2v) is 7.01. The van der Waals surface area contributed by atoms with Crippen molar-refractivity contribution < 1.29 is 8.42 Å². The molecule has 0 spiro atoms. The molecule has 3 N–H and O–H groups in total. The lowest BCUT2D eigenvalue weighted by molar-refractivity contribution is 0.573. The van der Waals surface area contributed by atoms with E-state index in [0.717, 1.165) is 31.2 Å². The highest BCUT2D eigenvalue weighted by atomic mass is 32.2. The van der Waals surface area contributed by atoms with E-state index < -0.39 is 10.0 Å². The summed E-state index contributed by atoms with van der Waals surface area (Å²) >= 11 is 4.91. The fourth-order valence-corrected chi connectivity index (χ4v) is 3.31. The molecule has 0 aliphatic rings. The quantitative estimate of drug-likeness (QED) is 0.571. The molecule has 1 aromatic rings. The molecule has 0 atom stereocenters. The van der Waals surface area contributed by atoms with Crippen LogP contribution in [-0.4, -0.2) is 20.0 Å². The highest BCUT2D eigenvalue weighted by Crippen LogP contribution is 2.15. The molecule has 0 saturated carbocycles. The molecule has 112 valence electrons. The van der Waals surface area contributed by atoms with Crippen LogP contribution in [0.4, 0.5) is 0 Å². The van der Waals surface area contributed by atoms with E-state index in [-0.39, 0.29) is 9.88 Å². The molecule has 0 unspecified atom stereocenters.